The van der Waals surface area contributed by atoms with Gasteiger partial charge < -0.3 is 10.0 Å². The first-order chi connectivity index (χ1) is 8.70. The zero-order valence-corrected chi connectivity index (χ0v) is 10.9. The van der Waals surface area contributed by atoms with Crippen LogP contribution >= 0.6 is 23.3 Å². The van der Waals surface area contributed by atoms with Gasteiger partial charge in [-0.05, 0) is 12.1 Å². The summed E-state index contributed by atoms with van der Waals surface area (Å²) in [6, 6.07) is 3.51. The highest BCUT2D eigenvalue weighted by molar-refractivity contribution is 7.00. The SMILES string of the molecule is O=C1CC(CO)CN1c1c(Cl)ccc2nsnc12. The second-order valence-electron chi connectivity index (χ2n) is 4.29. The summed E-state index contributed by atoms with van der Waals surface area (Å²) in [6.45, 7) is 0.483. The van der Waals surface area contributed by atoms with Crippen LogP contribution < -0.4 is 4.90 Å². The van der Waals surface area contributed by atoms with E-state index in [4.69, 9.17) is 16.7 Å². The van der Waals surface area contributed by atoms with Gasteiger partial charge in [-0.15, -0.1) is 0 Å². The molecule has 3 rings (SSSR count). The molecule has 2 aromatic rings. The van der Waals surface area contributed by atoms with Gasteiger partial charge in [0.1, 0.15) is 11.0 Å². The van der Waals surface area contributed by atoms with Crippen molar-refractivity contribution < 1.29 is 9.90 Å². The van der Waals surface area contributed by atoms with Gasteiger partial charge in [0.05, 0.1) is 22.4 Å². The molecule has 1 fully saturated rings. The Bertz CT molecular complexity index is 615. The largest absolute Gasteiger partial charge is 0.396 e. The fraction of sp³-hybridized carbons (Fsp3) is 0.364. The van der Waals surface area contributed by atoms with Crippen LogP contribution in [0.15, 0.2) is 12.1 Å². The van der Waals surface area contributed by atoms with Crippen molar-refractivity contribution in [1.82, 2.24) is 8.75 Å². The summed E-state index contributed by atoms with van der Waals surface area (Å²) in [7, 11) is 0. The molecular formula is C11H10ClN3O2S. The second-order valence-corrected chi connectivity index (χ2v) is 5.22. The molecule has 0 saturated carbocycles. The third-order valence-electron chi connectivity index (χ3n) is 3.09. The summed E-state index contributed by atoms with van der Waals surface area (Å²) >= 11 is 7.27. The number of benzene rings is 1. The van der Waals surface area contributed by atoms with E-state index in [9.17, 15) is 4.79 Å². The van der Waals surface area contributed by atoms with Gasteiger partial charge in [0.25, 0.3) is 0 Å². The lowest BCUT2D eigenvalue weighted by atomic mass is 10.1. The van der Waals surface area contributed by atoms with E-state index in [1.807, 2.05) is 0 Å². The number of hydrogen-bond acceptors (Lipinski definition) is 5. The molecule has 94 valence electrons. The molecule has 0 aliphatic carbocycles. The number of rotatable bonds is 2. The van der Waals surface area contributed by atoms with Gasteiger partial charge >= 0.3 is 0 Å². The van der Waals surface area contributed by atoms with Crippen LogP contribution in [-0.2, 0) is 4.79 Å². The average Bonchev–Trinajstić information content (AvgIpc) is 2.96. The number of aromatic nitrogens is 2. The van der Waals surface area contributed by atoms with E-state index in [0.717, 1.165) is 17.2 Å². The first-order valence-electron chi connectivity index (χ1n) is 5.52. The highest BCUT2D eigenvalue weighted by atomic mass is 35.5. The van der Waals surface area contributed by atoms with Gasteiger partial charge in [-0.3, -0.25) is 4.79 Å². The Morgan fingerprint density at radius 3 is 3.06 bits per heavy atom. The van der Waals surface area contributed by atoms with Crippen LogP contribution in [0.1, 0.15) is 6.42 Å². The van der Waals surface area contributed by atoms with Crippen LogP contribution in [0.5, 0.6) is 0 Å². The zero-order chi connectivity index (χ0) is 12.7. The standard InChI is InChI=1S/C11H10ClN3O2S/c12-7-1-2-8-10(14-18-13-8)11(7)15-4-6(5-16)3-9(15)17/h1-2,6,16H,3-5H2. The second kappa shape index (κ2) is 4.46. The monoisotopic (exact) mass is 283 g/mol. The fourth-order valence-corrected chi connectivity index (χ4v) is 2.98. The van der Waals surface area contributed by atoms with E-state index in [2.05, 4.69) is 8.75 Å². The highest BCUT2D eigenvalue weighted by Gasteiger charge is 2.32. The van der Waals surface area contributed by atoms with Gasteiger partial charge in [0.2, 0.25) is 5.91 Å². The lowest BCUT2D eigenvalue weighted by molar-refractivity contribution is -0.117. The number of anilines is 1. The van der Waals surface area contributed by atoms with Crippen molar-refractivity contribution in [2.75, 3.05) is 18.1 Å². The van der Waals surface area contributed by atoms with E-state index in [0.29, 0.717) is 29.2 Å². The van der Waals surface area contributed by atoms with Crippen molar-refractivity contribution in [3.8, 4) is 0 Å². The first-order valence-corrected chi connectivity index (χ1v) is 6.63. The normalized spacial score (nSPS) is 20.0. The van der Waals surface area contributed by atoms with Gasteiger partial charge in [-0.1, -0.05) is 11.6 Å². The van der Waals surface area contributed by atoms with Crippen molar-refractivity contribution in [3.63, 3.8) is 0 Å². The van der Waals surface area contributed by atoms with Crippen molar-refractivity contribution in [2.24, 2.45) is 5.92 Å². The lowest BCUT2D eigenvalue weighted by Crippen LogP contribution is -2.25. The van der Waals surface area contributed by atoms with Gasteiger partial charge in [0.15, 0.2) is 0 Å². The lowest BCUT2D eigenvalue weighted by Gasteiger charge is -2.18. The molecule has 1 aromatic heterocycles. The minimum atomic E-state index is -0.0320. The number of carbonyl (C=O) groups is 1. The molecule has 1 N–H and O–H groups in total. The molecule has 5 nitrogen and oxygen atoms in total. The summed E-state index contributed by atoms with van der Waals surface area (Å²) in [4.78, 5) is 13.6. The molecule has 7 heteroatoms. The maximum Gasteiger partial charge on any atom is 0.227 e. The van der Waals surface area contributed by atoms with Crippen LogP contribution in [0, 0.1) is 5.92 Å². The van der Waals surface area contributed by atoms with Crippen LogP contribution in [0.4, 0.5) is 5.69 Å². The van der Waals surface area contributed by atoms with Crippen molar-refractivity contribution in [1.29, 1.82) is 0 Å². The Kier molecular flexibility index (Phi) is 2.93. The summed E-state index contributed by atoms with van der Waals surface area (Å²) in [5.41, 5.74) is 2.00. The van der Waals surface area contributed by atoms with Crippen LogP contribution in [0.3, 0.4) is 0 Å². The third-order valence-corrected chi connectivity index (χ3v) is 3.93. The summed E-state index contributed by atoms with van der Waals surface area (Å²) < 4.78 is 8.34. The molecule has 1 aliphatic rings. The molecule has 1 saturated heterocycles. The van der Waals surface area contributed by atoms with Crippen molar-refractivity contribution >= 4 is 46.0 Å². The predicted octanol–water partition coefficient (Wildman–Crippen LogP) is 1.69. The molecule has 0 radical (unpaired) electrons. The fourth-order valence-electron chi connectivity index (χ4n) is 2.19. The van der Waals surface area contributed by atoms with Crippen LogP contribution in [0.2, 0.25) is 5.02 Å². The van der Waals surface area contributed by atoms with Crippen LogP contribution in [0.25, 0.3) is 11.0 Å². The Balaban J connectivity index is 2.11. The third kappa shape index (κ3) is 1.77. The summed E-state index contributed by atoms with van der Waals surface area (Å²) in [5, 5.41) is 9.64. The number of halogens is 1. The number of amides is 1. The molecule has 0 spiro atoms. The van der Waals surface area contributed by atoms with E-state index in [-0.39, 0.29) is 18.4 Å². The molecule has 1 atom stereocenters. The maximum atomic E-state index is 12.0. The Hall–Kier alpha value is -1.24. The predicted molar refractivity (Wildman–Crippen MR) is 70.0 cm³/mol. The number of aliphatic hydroxyl groups is 1. The van der Waals surface area contributed by atoms with Gasteiger partial charge in [0, 0.05) is 25.5 Å². The van der Waals surface area contributed by atoms with Crippen molar-refractivity contribution in [3.05, 3.63) is 17.2 Å². The topological polar surface area (TPSA) is 66.3 Å². The summed E-state index contributed by atoms with van der Waals surface area (Å²) in [6.07, 6.45) is 0.348. The highest BCUT2D eigenvalue weighted by Crippen LogP contribution is 2.36. The number of carbonyl (C=O) groups excluding carboxylic acids is 1. The van der Waals surface area contributed by atoms with Crippen LogP contribution in [-0.4, -0.2) is 32.9 Å². The molecule has 1 aliphatic heterocycles. The molecule has 1 aromatic carbocycles. The Morgan fingerprint density at radius 2 is 2.33 bits per heavy atom. The quantitative estimate of drug-likeness (QED) is 0.911. The molecular weight excluding hydrogens is 274 g/mol. The first kappa shape index (κ1) is 11.8. The number of fused-ring (bicyclic) bond motifs is 1. The Labute approximate surface area is 112 Å². The van der Waals surface area contributed by atoms with Gasteiger partial charge in [-0.25, -0.2) is 0 Å². The van der Waals surface area contributed by atoms with E-state index in [1.54, 1.807) is 17.0 Å². The summed E-state index contributed by atoms with van der Waals surface area (Å²) in [5.74, 6) is -0.0631. The zero-order valence-electron chi connectivity index (χ0n) is 9.34. The maximum absolute atomic E-state index is 12.0. The molecule has 18 heavy (non-hydrogen) atoms. The average molecular weight is 284 g/mol. The van der Waals surface area contributed by atoms with E-state index in [1.165, 1.54) is 0 Å². The molecule has 1 amide bonds. The molecule has 2 heterocycles. The number of hydrogen-bond donors (Lipinski definition) is 1. The van der Waals surface area contributed by atoms with E-state index >= 15 is 0 Å². The van der Waals surface area contributed by atoms with Gasteiger partial charge in [-0.2, -0.15) is 8.75 Å². The molecule has 0 bridgehead atoms. The minimum Gasteiger partial charge on any atom is -0.396 e. The Morgan fingerprint density at radius 1 is 1.50 bits per heavy atom. The molecule has 1 unspecified atom stereocenters. The van der Waals surface area contributed by atoms with E-state index < -0.39 is 0 Å². The number of aliphatic hydroxyl groups excluding tert-OH is 1. The number of nitrogens with zero attached hydrogens (tertiary/aromatic N) is 3. The minimum absolute atomic E-state index is 0.00511. The smallest absolute Gasteiger partial charge is 0.227 e. The van der Waals surface area contributed by atoms with Crippen molar-refractivity contribution in [2.45, 2.75) is 6.42 Å².